The maximum atomic E-state index is 4.43. The molecular formula is C14H15N5. The van der Waals surface area contributed by atoms with Gasteiger partial charge in [-0.1, -0.05) is 12.1 Å². The lowest BCUT2D eigenvalue weighted by Crippen LogP contribution is -2.05. The third-order valence-electron chi connectivity index (χ3n) is 3.08. The highest BCUT2D eigenvalue weighted by molar-refractivity contribution is 5.44. The Morgan fingerprint density at radius 3 is 2.84 bits per heavy atom. The Labute approximate surface area is 111 Å². The normalized spacial score (nSPS) is 10.8. The van der Waals surface area contributed by atoms with Gasteiger partial charge in [-0.05, 0) is 37.6 Å². The van der Waals surface area contributed by atoms with Crippen LogP contribution < -0.4 is 5.32 Å². The lowest BCUT2D eigenvalue weighted by Gasteiger charge is -2.03. The zero-order valence-electron chi connectivity index (χ0n) is 11.0. The largest absolute Gasteiger partial charge is 0.347 e. The van der Waals surface area contributed by atoms with Crippen LogP contribution in [0.1, 0.15) is 17.0 Å². The highest BCUT2D eigenvalue weighted by Crippen LogP contribution is 2.10. The molecule has 0 amide bonds. The molecular weight excluding hydrogens is 238 g/mol. The number of aryl methyl sites for hydroxylation is 2. The van der Waals surface area contributed by atoms with Gasteiger partial charge in [0.1, 0.15) is 0 Å². The Balaban J connectivity index is 1.83. The molecule has 0 fully saturated rings. The summed E-state index contributed by atoms with van der Waals surface area (Å²) in [7, 11) is 0. The minimum absolute atomic E-state index is 0.624. The number of hydrogen-bond donors (Lipinski definition) is 1. The van der Waals surface area contributed by atoms with Crippen molar-refractivity contribution in [3.8, 4) is 0 Å². The van der Waals surface area contributed by atoms with Gasteiger partial charge in [0, 0.05) is 11.9 Å². The van der Waals surface area contributed by atoms with Crippen LogP contribution in [0.4, 0.5) is 5.95 Å². The summed E-state index contributed by atoms with van der Waals surface area (Å²) in [5, 5.41) is 7.64. The standard InChI is InChI=1S/C14H15N5/c1-10-5-4-8-15-12(10)9-16-14-17-13-7-3-6-11(2)19(13)18-14/h3-8H,9H2,1-2H3,(H,16,18). The smallest absolute Gasteiger partial charge is 0.243 e. The van der Waals surface area contributed by atoms with E-state index in [-0.39, 0.29) is 0 Å². The number of hydrogen-bond acceptors (Lipinski definition) is 4. The lowest BCUT2D eigenvalue weighted by molar-refractivity contribution is 0.904. The number of anilines is 1. The number of rotatable bonds is 3. The summed E-state index contributed by atoms with van der Waals surface area (Å²) in [6.45, 7) is 4.68. The summed E-state index contributed by atoms with van der Waals surface area (Å²) in [4.78, 5) is 8.77. The van der Waals surface area contributed by atoms with Crippen molar-refractivity contribution in [3.05, 3.63) is 53.5 Å². The molecule has 0 aliphatic heterocycles. The average Bonchev–Trinajstić information content (AvgIpc) is 2.82. The summed E-state index contributed by atoms with van der Waals surface area (Å²) >= 11 is 0. The van der Waals surface area contributed by atoms with Crippen LogP contribution in [0.3, 0.4) is 0 Å². The van der Waals surface area contributed by atoms with Crippen molar-refractivity contribution in [2.75, 3.05) is 5.32 Å². The van der Waals surface area contributed by atoms with E-state index in [9.17, 15) is 0 Å². The first-order valence-electron chi connectivity index (χ1n) is 6.21. The van der Waals surface area contributed by atoms with Crippen LogP contribution in [0.15, 0.2) is 36.5 Å². The molecule has 0 bridgehead atoms. The summed E-state index contributed by atoms with van der Waals surface area (Å²) in [6.07, 6.45) is 1.80. The van der Waals surface area contributed by atoms with Crippen LogP contribution in [0.2, 0.25) is 0 Å². The van der Waals surface area contributed by atoms with E-state index in [1.807, 2.05) is 48.7 Å². The molecule has 3 heterocycles. The van der Waals surface area contributed by atoms with E-state index in [1.165, 1.54) is 0 Å². The zero-order chi connectivity index (χ0) is 13.2. The molecule has 0 spiro atoms. The second-order valence-electron chi connectivity index (χ2n) is 4.49. The van der Waals surface area contributed by atoms with Gasteiger partial charge in [0.2, 0.25) is 5.95 Å². The minimum Gasteiger partial charge on any atom is -0.347 e. The summed E-state index contributed by atoms with van der Waals surface area (Å²) in [5.74, 6) is 0.624. The van der Waals surface area contributed by atoms with Crippen molar-refractivity contribution in [1.29, 1.82) is 0 Å². The molecule has 1 N–H and O–H groups in total. The Bertz CT molecular complexity index is 717. The van der Waals surface area contributed by atoms with Crippen LogP contribution in [-0.4, -0.2) is 19.6 Å². The predicted octanol–water partition coefficient (Wildman–Crippen LogP) is 2.35. The molecule has 0 radical (unpaired) electrons. The highest BCUT2D eigenvalue weighted by Gasteiger charge is 2.05. The van der Waals surface area contributed by atoms with E-state index in [0.717, 1.165) is 22.6 Å². The Hall–Kier alpha value is -2.43. The maximum absolute atomic E-state index is 4.43. The van der Waals surface area contributed by atoms with Gasteiger partial charge in [-0.15, -0.1) is 5.10 Å². The number of pyridine rings is 2. The molecule has 96 valence electrons. The van der Waals surface area contributed by atoms with Gasteiger partial charge >= 0.3 is 0 Å². The molecule has 0 saturated heterocycles. The second-order valence-corrected chi connectivity index (χ2v) is 4.49. The molecule has 0 aliphatic carbocycles. The van der Waals surface area contributed by atoms with E-state index in [2.05, 4.69) is 20.4 Å². The van der Waals surface area contributed by atoms with Crippen molar-refractivity contribution < 1.29 is 0 Å². The van der Waals surface area contributed by atoms with Crippen LogP contribution in [0.25, 0.3) is 5.65 Å². The third-order valence-corrected chi connectivity index (χ3v) is 3.08. The van der Waals surface area contributed by atoms with Crippen molar-refractivity contribution >= 4 is 11.6 Å². The number of aromatic nitrogens is 4. The van der Waals surface area contributed by atoms with Crippen molar-refractivity contribution in [1.82, 2.24) is 19.6 Å². The van der Waals surface area contributed by atoms with E-state index < -0.39 is 0 Å². The van der Waals surface area contributed by atoms with Gasteiger partial charge in [0.05, 0.1) is 12.2 Å². The molecule has 3 aromatic rings. The summed E-state index contributed by atoms with van der Waals surface area (Å²) < 4.78 is 1.83. The molecule has 0 atom stereocenters. The quantitative estimate of drug-likeness (QED) is 0.778. The SMILES string of the molecule is Cc1cccnc1CNc1nc2cccc(C)n2n1. The van der Waals surface area contributed by atoms with Crippen molar-refractivity contribution in [3.63, 3.8) is 0 Å². The van der Waals surface area contributed by atoms with Gasteiger partial charge in [0.15, 0.2) is 5.65 Å². The maximum Gasteiger partial charge on any atom is 0.243 e. The van der Waals surface area contributed by atoms with Crippen molar-refractivity contribution in [2.24, 2.45) is 0 Å². The number of nitrogens with one attached hydrogen (secondary N) is 1. The van der Waals surface area contributed by atoms with E-state index in [1.54, 1.807) is 6.20 Å². The van der Waals surface area contributed by atoms with E-state index >= 15 is 0 Å². The minimum atomic E-state index is 0.624. The fourth-order valence-corrected chi connectivity index (χ4v) is 1.98. The highest BCUT2D eigenvalue weighted by atomic mass is 15.3. The Kier molecular flexibility index (Phi) is 2.87. The predicted molar refractivity (Wildman–Crippen MR) is 74.0 cm³/mol. The molecule has 0 saturated carbocycles. The van der Waals surface area contributed by atoms with E-state index in [0.29, 0.717) is 12.5 Å². The molecule has 0 unspecified atom stereocenters. The molecule has 19 heavy (non-hydrogen) atoms. The van der Waals surface area contributed by atoms with Gasteiger partial charge in [0.25, 0.3) is 0 Å². The molecule has 0 aromatic carbocycles. The first-order valence-corrected chi connectivity index (χ1v) is 6.21. The summed E-state index contributed by atoms with van der Waals surface area (Å²) in [5.41, 5.74) is 4.08. The average molecular weight is 253 g/mol. The van der Waals surface area contributed by atoms with Crippen LogP contribution in [-0.2, 0) is 6.54 Å². The number of nitrogens with zero attached hydrogens (tertiary/aromatic N) is 4. The first kappa shape index (κ1) is 11.6. The molecule has 5 nitrogen and oxygen atoms in total. The topological polar surface area (TPSA) is 55.1 Å². The Morgan fingerprint density at radius 1 is 1.16 bits per heavy atom. The van der Waals surface area contributed by atoms with Crippen molar-refractivity contribution in [2.45, 2.75) is 20.4 Å². The van der Waals surface area contributed by atoms with Crippen LogP contribution in [0, 0.1) is 13.8 Å². The first-order chi connectivity index (χ1) is 9.24. The lowest BCUT2D eigenvalue weighted by atomic mass is 10.2. The fourth-order valence-electron chi connectivity index (χ4n) is 1.98. The molecule has 0 aliphatic rings. The molecule has 3 aromatic heterocycles. The van der Waals surface area contributed by atoms with Crippen LogP contribution in [0.5, 0.6) is 0 Å². The monoisotopic (exact) mass is 253 g/mol. The van der Waals surface area contributed by atoms with Gasteiger partial charge in [-0.3, -0.25) is 4.98 Å². The van der Waals surface area contributed by atoms with Gasteiger partial charge in [-0.25, -0.2) is 4.52 Å². The third kappa shape index (κ3) is 2.27. The molecule has 3 rings (SSSR count). The summed E-state index contributed by atoms with van der Waals surface area (Å²) in [6, 6.07) is 9.91. The zero-order valence-corrected chi connectivity index (χ0v) is 11.0. The Morgan fingerprint density at radius 2 is 2.05 bits per heavy atom. The second kappa shape index (κ2) is 4.68. The van der Waals surface area contributed by atoms with Gasteiger partial charge in [-0.2, -0.15) is 4.98 Å². The van der Waals surface area contributed by atoms with Gasteiger partial charge < -0.3 is 5.32 Å². The molecule has 5 heteroatoms. The number of fused-ring (bicyclic) bond motifs is 1. The van der Waals surface area contributed by atoms with Crippen LogP contribution >= 0.6 is 0 Å². The fraction of sp³-hybridized carbons (Fsp3) is 0.214. The van der Waals surface area contributed by atoms with E-state index in [4.69, 9.17) is 0 Å².